The van der Waals surface area contributed by atoms with Crippen LogP contribution in [-0.4, -0.2) is 25.2 Å². The van der Waals surface area contributed by atoms with Crippen LogP contribution in [0.5, 0.6) is 0 Å². The fourth-order valence-corrected chi connectivity index (χ4v) is 2.26. The third-order valence-electron chi connectivity index (χ3n) is 3.16. The minimum atomic E-state index is 0.376. The van der Waals surface area contributed by atoms with E-state index in [1.807, 2.05) is 19.4 Å². The molecule has 1 aromatic heterocycles. The van der Waals surface area contributed by atoms with Crippen LogP contribution < -0.4 is 5.32 Å². The fraction of sp³-hybridized carbons (Fsp3) is 0.583. The van der Waals surface area contributed by atoms with Crippen molar-refractivity contribution in [3.05, 3.63) is 29.6 Å². The number of hydrogen-bond acceptors (Lipinski definition) is 3. The third kappa shape index (κ3) is 2.19. The van der Waals surface area contributed by atoms with Gasteiger partial charge in [0.2, 0.25) is 0 Å². The number of aryl methyl sites for hydroxylation is 1. The number of hydrogen-bond donors (Lipinski definition) is 1. The van der Waals surface area contributed by atoms with Crippen LogP contribution in [0.4, 0.5) is 0 Å². The number of nitrogens with one attached hydrogen (secondary N) is 1. The Hall–Kier alpha value is -0.930. The molecule has 3 nitrogen and oxygen atoms in total. The lowest BCUT2D eigenvalue weighted by Gasteiger charge is -2.23. The van der Waals surface area contributed by atoms with Crippen LogP contribution in [0, 0.1) is 12.8 Å². The molecule has 0 spiro atoms. The topological polar surface area (TPSA) is 34.2 Å². The van der Waals surface area contributed by atoms with Crippen LogP contribution in [-0.2, 0) is 4.74 Å². The van der Waals surface area contributed by atoms with E-state index < -0.39 is 0 Å². The first-order valence-electron chi connectivity index (χ1n) is 5.48. The molecule has 0 radical (unpaired) electrons. The molecule has 1 fully saturated rings. The van der Waals surface area contributed by atoms with Crippen LogP contribution in [0.15, 0.2) is 18.5 Å². The molecule has 1 aromatic rings. The van der Waals surface area contributed by atoms with E-state index in [-0.39, 0.29) is 0 Å². The van der Waals surface area contributed by atoms with E-state index >= 15 is 0 Å². The second-order valence-corrected chi connectivity index (χ2v) is 4.12. The summed E-state index contributed by atoms with van der Waals surface area (Å²) in [6.07, 6.45) is 4.95. The van der Waals surface area contributed by atoms with Gasteiger partial charge in [-0.3, -0.25) is 4.98 Å². The van der Waals surface area contributed by atoms with Gasteiger partial charge in [-0.2, -0.15) is 0 Å². The molecule has 0 aliphatic carbocycles. The van der Waals surface area contributed by atoms with Gasteiger partial charge in [0.05, 0.1) is 6.61 Å². The summed E-state index contributed by atoms with van der Waals surface area (Å²) in [6.45, 7) is 3.89. The molecule has 1 aliphatic heterocycles. The molecule has 0 saturated carbocycles. The number of nitrogens with zero attached hydrogens (tertiary/aromatic N) is 1. The van der Waals surface area contributed by atoms with Gasteiger partial charge in [-0.05, 0) is 37.6 Å². The van der Waals surface area contributed by atoms with Gasteiger partial charge in [-0.25, -0.2) is 0 Å². The van der Waals surface area contributed by atoms with Gasteiger partial charge in [-0.15, -0.1) is 0 Å². The van der Waals surface area contributed by atoms with Gasteiger partial charge in [0.15, 0.2) is 0 Å². The molecule has 1 saturated heterocycles. The lowest BCUT2D eigenvalue weighted by molar-refractivity contribution is 0.177. The standard InChI is InChI=1S/C12H18N2O/c1-9-3-5-14-7-11(9)12(13-2)10-4-6-15-8-10/h3,5,7,10,12-13H,4,6,8H2,1-2H3. The summed E-state index contributed by atoms with van der Waals surface area (Å²) >= 11 is 0. The first-order chi connectivity index (χ1) is 7.33. The predicted molar refractivity (Wildman–Crippen MR) is 59.7 cm³/mol. The van der Waals surface area contributed by atoms with E-state index in [9.17, 15) is 0 Å². The minimum Gasteiger partial charge on any atom is -0.381 e. The molecule has 0 bridgehead atoms. The van der Waals surface area contributed by atoms with Crippen molar-refractivity contribution in [2.24, 2.45) is 5.92 Å². The summed E-state index contributed by atoms with van der Waals surface area (Å²) in [5.41, 5.74) is 2.60. The number of rotatable bonds is 3. The molecule has 2 rings (SSSR count). The molecule has 1 aliphatic rings. The zero-order valence-electron chi connectivity index (χ0n) is 9.36. The normalized spacial score (nSPS) is 22.9. The van der Waals surface area contributed by atoms with E-state index in [0.717, 1.165) is 19.6 Å². The molecule has 0 aromatic carbocycles. The lowest BCUT2D eigenvalue weighted by atomic mass is 9.91. The Labute approximate surface area is 90.9 Å². The van der Waals surface area contributed by atoms with Gasteiger partial charge in [-0.1, -0.05) is 0 Å². The maximum atomic E-state index is 5.44. The van der Waals surface area contributed by atoms with Gasteiger partial charge in [0, 0.05) is 31.0 Å². The monoisotopic (exact) mass is 206 g/mol. The van der Waals surface area contributed by atoms with E-state index in [4.69, 9.17) is 4.74 Å². The summed E-state index contributed by atoms with van der Waals surface area (Å²) in [5, 5.41) is 3.38. The molecule has 2 unspecified atom stereocenters. The maximum Gasteiger partial charge on any atom is 0.0513 e. The van der Waals surface area contributed by atoms with Gasteiger partial charge < -0.3 is 10.1 Å². The first kappa shape index (κ1) is 10.6. The smallest absolute Gasteiger partial charge is 0.0513 e. The zero-order valence-corrected chi connectivity index (χ0v) is 9.36. The van der Waals surface area contributed by atoms with Crippen molar-refractivity contribution in [2.45, 2.75) is 19.4 Å². The van der Waals surface area contributed by atoms with Crippen molar-refractivity contribution in [2.75, 3.05) is 20.3 Å². The number of ether oxygens (including phenoxy) is 1. The van der Waals surface area contributed by atoms with E-state index in [1.165, 1.54) is 11.1 Å². The SMILES string of the molecule is CNC(c1cnccc1C)C1CCOC1. The van der Waals surface area contributed by atoms with Crippen molar-refractivity contribution >= 4 is 0 Å². The highest BCUT2D eigenvalue weighted by Crippen LogP contribution is 2.29. The highest BCUT2D eigenvalue weighted by molar-refractivity contribution is 5.25. The van der Waals surface area contributed by atoms with E-state index in [0.29, 0.717) is 12.0 Å². The molecule has 2 atom stereocenters. The summed E-state index contributed by atoms with van der Waals surface area (Å²) in [4.78, 5) is 4.20. The van der Waals surface area contributed by atoms with E-state index in [1.54, 1.807) is 0 Å². The molecule has 3 heteroatoms. The quantitative estimate of drug-likeness (QED) is 0.817. The lowest BCUT2D eigenvalue weighted by Crippen LogP contribution is -2.26. The van der Waals surface area contributed by atoms with Crippen LogP contribution in [0.25, 0.3) is 0 Å². The third-order valence-corrected chi connectivity index (χ3v) is 3.16. The van der Waals surface area contributed by atoms with Crippen molar-refractivity contribution in [1.82, 2.24) is 10.3 Å². The molecule has 15 heavy (non-hydrogen) atoms. The molecular weight excluding hydrogens is 188 g/mol. The average molecular weight is 206 g/mol. The number of aromatic nitrogens is 1. The molecule has 82 valence electrons. The Morgan fingerprint density at radius 2 is 2.47 bits per heavy atom. The second kappa shape index (κ2) is 4.73. The van der Waals surface area contributed by atoms with Crippen molar-refractivity contribution in [1.29, 1.82) is 0 Å². The van der Waals surface area contributed by atoms with Crippen molar-refractivity contribution in [3.8, 4) is 0 Å². The van der Waals surface area contributed by atoms with Crippen LogP contribution in [0.1, 0.15) is 23.6 Å². The molecule has 0 amide bonds. The second-order valence-electron chi connectivity index (χ2n) is 4.12. The van der Waals surface area contributed by atoms with Gasteiger partial charge in [0.25, 0.3) is 0 Å². The summed E-state index contributed by atoms with van der Waals surface area (Å²) in [6, 6.07) is 2.44. The summed E-state index contributed by atoms with van der Waals surface area (Å²) in [7, 11) is 2.01. The maximum absolute atomic E-state index is 5.44. The minimum absolute atomic E-state index is 0.376. The summed E-state index contributed by atoms with van der Waals surface area (Å²) in [5.74, 6) is 0.581. The fourth-order valence-electron chi connectivity index (χ4n) is 2.26. The Balaban J connectivity index is 2.22. The highest BCUT2D eigenvalue weighted by atomic mass is 16.5. The van der Waals surface area contributed by atoms with Gasteiger partial charge >= 0.3 is 0 Å². The number of pyridine rings is 1. The summed E-state index contributed by atoms with van der Waals surface area (Å²) < 4.78 is 5.44. The van der Waals surface area contributed by atoms with E-state index in [2.05, 4.69) is 23.3 Å². The predicted octanol–water partition coefficient (Wildman–Crippen LogP) is 1.69. The molecule has 2 heterocycles. The van der Waals surface area contributed by atoms with Crippen LogP contribution in [0.3, 0.4) is 0 Å². The van der Waals surface area contributed by atoms with Crippen LogP contribution in [0.2, 0.25) is 0 Å². The first-order valence-corrected chi connectivity index (χ1v) is 5.48. The van der Waals surface area contributed by atoms with Crippen LogP contribution >= 0.6 is 0 Å². The highest BCUT2D eigenvalue weighted by Gasteiger charge is 2.26. The largest absolute Gasteiger partial charge is 0.381 e. The Kier molecular flexibility index (Phi) is 3.34. The molecular formula is C12H18N2O. The Bertz CT molecular complexity index is 321. The van der Waals surface area contributed by atoms with Gasteiger partial charge in [0.1, 0.15) is 0 Å². The molecule has 1 N–H and O–H groups in total. The average Bonchev–Trinajstić information content (AvgIpc) is 2.75. The Morgan fingerprint density at radius 1 is 1.60 bits per heavy atom. The Morgan fingerprint density at radius 3 is 3.07 bits per heavy atom. The zero-order chi connectivity index (χ0) is 10.7. The van der Waals surface area contributed by atoms with Crippen molar-refractivity contribution in [3.63, 3.8) is 0 Å². The van der Waals surface area contributed by atoms with Crippen molar-refractivity contribution < 1.29 is 4.74 Å².